The molecule has 118 valence electrons. The van der Waals surface area contributed by atoms with Crippen LogP contribution < -0.4 is 10.6 Å². The molecule has 24 heavy (non-hydrogen) atoms. The van der Waals surface area contributed by atoms with E-state index in [2.05, 4.69) is 40.2 Å². The Bertz CT molecular complexity index is 841. The number of ether oxygens (including phenoxy) is 1. The van der Waals surface area contributed by atoms with Crippen molar-refractivity contribution in [1.82, 2.24) is 0 Å². The Hall–Kier alpha value is -1.96. The van der Waals surface area contributed by atoms with Crippen molar-refractivity contribution >= 4 is 40.4 Å². The van der Waals surface area contributed by atoms with E-state index in [4.69, 9.17) is 4.74 Å². The van der Waals surface area contributed by atoms with Crippen LogP contribution in [0.15, 0.2) is 83.3 Å². The van der Waals surface area contributed by atoms with E-state index in [0.29, 0.717) is 5.56 Å². The number of fused-ring (bicyclic) bond motifs is 1. The molecule has 0 saturated carbocycles. The zero-order valence-corrected chi connectivity index (χ0v) is 15.2. The van der Waals surface area contributed by atoms with Crippen molar-refractivity contribution in [3.8, 4) is 0 Å². The summed E-state index contributed by atoms with van der Waals surface area (Å²) < 4.78 is 6.79. The van der Waals surface area contributed by atoms with Crippen molar-refractivity contribution in [2.24, 2.45) is 0 Å². The SMILES string of the molecule is O=C1OC(P(c2ccccc2)c2ccccc2)c2cc(Br)ccc21. The fourth-order valence-corrected chi connectivity index (χ4v) is 5.84. The monoisotopic (exact) mass is 396 g/mol. The summed E-state index contributed by atoms with van der Waals surface area (Å²) in [5, 5.41) is 2.40. The summed E-state index contributed by atoms with van der Waals surface area (Å²) in [5.74, 6) is -0.494. The highest BCUT2D eigenvalue weighted by Crippen LogP contribution is 2.54. The van der Waals surface area contributed by atoms with Crippen LogP contribution in [0.5, 0.6) is 0 Å². The summed E-state index contributed by atoms with van der Waals surface area (Å²) in [7, 11) is -0.842. The molecule has 0 aliphatic carbocycles. The van der Waals surface area contributed by atoms with Gasteiger partial charge < -0.3 is 4.74 Å². The van der Waals surface area contributed by atoms with Gasteiger partial charge in [-0.05, 0) is 28.8 Å². The highest BCUT2D eigenvalue weighted by molar-refractivity contribution is 9.10. The van der Waals surface area contributed by atoms with Gasteiger partial charge in [0.1, 0.15) is 0 Å². The predicted octanol–water partition coefficient (Wildman–Crippen LogP) is 4.75. The van der Waals surface area contributed by atoms with Gasteiger partial charge in [0.2, 0.25) is 0 Å². The van der Waals surface area contributed by atoms with Gasteiger partial charge in [0, 0.05) is 18.0 Å². The Morgan fingerprint density at radius 3 is 2.00 bits per heavy atom. The van der Waals surface area contributed by atoms with E-state index in [1.165, 1.54) is 10.6 Å². The maximum atomic E-state index is 12.3. The van der Waals surface area contributed by atoms with Crippen LogP contribution in [0.2, 0.25) is 0 Å². The van der Waals surface area contributed by atoms with Crippen molar-refractivity contribution in [2.75, 3.05) is 0 Å². The van der Waals surface area contributed by atoms with E-state index >= 15 is 0 Å². The summed E-state index contributed by atoms with van der Waals surface area (Å²) >= 11 is 3.51. The molecule has 1 unspecified atom stereocenters. The van der Waals surface area contributed by atoms with Crippen molar-refractivity contribution in [1.29, 1.82) is 0 Å². The lowest BCUT2D eigenvalue weighted by Crippen LogP contribution is -2.17. The Labute approximate surface area is 150 Å². The minimum absolute atomic E-state index is 0.234. The molecular weight excluding hydrogens is 383 g/mol. The molecule has 1 atom stereocenters. The highest BCUT2D eigenvalue weighted by atomic mass is 79.9. The second-order valence-electron chi connectivity index (χ2n) is 5.53. The van der Waals surface area contributed by atoms with E-state index < -0.39 is 7.92 Å². The lowest BCUT2D eigenvalue weighted by Gasteiger charge is -2.24. The smallest absolute Gasteiger partial charge is 0.339 e. The van der Waals surface area contributed by atoms with Gasteiger partial charge in [-0.2, -0.15) is 0 Å². The van der Waals surface area contributed by atoms with Crippen molar-refractivity contribution in [3.05, 3.63) is 94.5 Å². The molecule has 0 amide bonds. The van der Waals surface area contributed by atoms with Gasteiger partial charge in [0.15, 0.2) is 5.85 Å². The number of hydrogen-bond acceptors (Lipinski definition) is 2. The van der Waals surface area contributed by atoms with Crippen LogP contribution in [0.3, 0.4) is 0 Å². The van der Waals surface area contributed by atoms with Gasteiger partial charge in [-0.15, -0.1) is 0 Å². The first-order valence-electron chi connectivity index (χ1n) is 7.64. The minimum atomic E-state index is -0.842. The van der Waals surface area contributed by atoms with Gasteiger partial charge in [0.05, 0.1) is 5.56 Å². The van der Waals surface area contributed by atoms with Gasteiger partial charge in [-0.3, -0.25) is 0 Å². The van der Waals surface area contributed by atoms with Crippen LogP contribution in [0.25, 0.3) is 0 Å². The molecule has 0 spiro atoms. The molecule has 4 heteroatoms. The van der Waals surface area contributed by atoms with E-state index in [1.54, 1.807) is 0 Å². The van der Waals surface area contributed by atoms with Crippen LogP contribution in [-0.2, 0) is 4.74 Å². The third-order valence-corrected chi connectivity index (χ3v) is 7.08. The van der Waals surface area contributed by atoms with Crippen molar-refractivity contribution < 1.29 is 9.53 Å². The fourth-order valence-electron chi connectivity index (χ4n) is 2.94. The summed E-state index contributed by atoms with van der Waals surface area (Å²) in [5.41, 5.74) is 1.63. The first-order valence-corrected chi connectivity index (χ1v) is 9.84. The number of cyclic esters (lactones) is 1. The van der Waals surface area contributed by atoms with Crippen molar-refractivity contribution in [3.63, 3.8) is 0 Å². The van der Waals surface area contributed by atoms with Gasteiger partial charge in [-0.25, -0.2) is 4.79 Å². The molecule has 1 aliphatic heterocycles. The van der Waals surface area contributed by atoms with Crippen LogP contribution >= 0.6 is 23.9 Å². The summed E-state index contributed by atoms with van der Waals surface area (Å²) in [6.07, 6.45) is 0. The summed E-state index contributed by atoms with van der Waals surface area (Å²) in [6, 6.07) is 26.3. The summed E-state index contributed by atoms with van der Waals surface area (Å²) in [6.45, 7) is 0. The topological polar surface area (TPSA) is 26.3 Å². The number of halogens is 1. The molecule has 2 nitrogen and oxygen atoms in total. The van der Waals surface area contributed by atoms with E-state index in [-0.39, 0.29) is 11.8 Å². The average molecular weight is 397 g/mol. The van der Waals surface area contributed by atoms with Gasteiger partial charge >= 0.3 is 5.97 Å². The molecule has 0 saturated heterocycles. The number of hydrogen-bond donors (Lipinski definition) is 0. The number of esters is 1. The first kappa shape index (κ1) is 15.6. The number of rotatable bonds is 3. The van der Waals surface area contributed by atoms with Crippen molar-refractivity contribution in [2.45, 2.75) is 5.85 Å². The normalized spacial score (nSPS) is 16.1. The maximum Gasteiger partial charge on any atom is 0.339 e. The highest BCUT2D eigenvalue weighted by Gasteiger charge is 2.38. The number of carbonyl (C=O) groups excluding carboxylic acids is 1. The summed E-state index contributed by atoms with van der Waals surface area (Å²) in [4.78, 5) is 12.3. The number of carbonyl (C=O) groups is 1. The quantitative estimate of drug-likeness (QED) is 0.471. The van der Waals surface area contributed by atoms with Gasteiger partial charge in [-0.1, -0.05) is 76.6 Å². The Morgan fingerprint density at radius 1 is 0.833 bits per heavy atom. The van der Waals surface area contributed by atoms with Crippen LogP contribution in [0, 0.1) is 0 Å². The molecule has 3 aromatic rings. The van der Waals surface area contributed by atoms with Crippen LogP contribution in [0.4, 0.5) is 0 Å². The third kappa shape index (κ3) is 2.79. The standard InChI is InChI=1S/C20H14BrO2P/c21-14-11-12-17-18(13-14)20(23-19(17)22)24(15-7-3-1-4-8-15)16-9-5-2-6-10-16/h1-13,20H. The number of benzene rings is 3. The molecule has 0 fully saturated rings. The zero-order valence-electron chi connectivity index (χ0n) is 12.7. The second-order valence-corrected chi connectivity index (χ2v) is 8.69. The molecular formula is C20H14BrO2P. The average Bonchev–Trinajstić information content (AvgIpc) is 2.93. The van der Waals surface area contributed by atoms with Gasteiger partial charge in [0.25, 0.3) is 0 Å². The maximum absolute atomic E-state index is 12.3. The van der Waals surface area contributed by atoms with E-state index in [9.17, 15) is 4.79 Å². The molecule has 4 rings (SSSR count). The molecule has 0 bridgehead atoms. The predicted molar refractivity (Wildman–Crippen MR) is 101 cm³/mol. The zero-order chi connectivity index (χ0) is 16.5. The van der Waals surface area contributed by atoms with E-state index in [0.717, 1.165) is 10.0 Å². The molecule has 3 aromatic carbocycles. The lowest BCUT2D eigenvalue weighted by molar-refractivity contribution is 0.0517. The minimum Gasteiger partial charge on any atom is -0.449 e. The molecule has 1 heterocycles. The molecule has 0 N–H and O–H groups in total. The molecule has 0 aromatic heterocycles. The Balaban J connectivity index is 1.87. The first-order chi connectivity index (χ1) is 11.7. The van der Waals surface area contributed by atoms with Crippen LogP contribution in [-0.4, -0.2) is 5.97 Å². The Kier molecular flexibility index (Phi) is 4.22. The van der Waals surface area contributed by atoms with Crippen LogP contribution in [0.1, 0.15) is 21.8 Å². The molecule has 0 radical (unpaired) electrons. The Morgan fingerprint density at radius 2 is 1.42 bits per heavy atom. The fraction of sp³-hybridized carbons (Fsp3) is 0.0500. The third-order valence-electron chi connectivity index (χ3n) is 4.02. The second kappa shape index (κ2) is 6.51. The van der Waals surface area contributed by atoms with E-state index in [1.807, 2.05) is 54.6 Å². The lowest BCUT2D eigenvalue weighted by atomic mass is 10.1. The molecule has 1 aliphatic rings. The largest absolute Gasteiger partial charge is 0.449 e.